The third kappa shape index (κ3) is 2.69. The molecule has 1 aliphatic carbocycles. The van der Waals surface area contributed by atoms with Crippen molar-refractivity contribution in [1.29, 1.82) is 0 Å². The van der Waals surface area contributed by atoms with Crippen LogP contribution in [0.25, 0.3) is 21.9 Å². The number of imidazole rings is 1. The number of fused-ring (bicyclic) bond motifs is 4. The van der Waals surface area contributed by atoms with Gasteiger partial charge in [-0.05, 0) is 82.5 Å². The Hall–Kier alpha value is -3.73. The number of benzene rings is 2. The van der Waals surface area contributed by atoms with E-state index in [0.29, 0.717) is 31.6 Å². The average molecular weight is 586 g/mol. The summed E-state index contributed by atoms with van der Waals surface area (Å²) in [5, 5.41) is 7.12. The van der Waals surface area contributed by atoms with E-state index in [-0.39, 0.29) is 11.8 Å². The van der Waals surface area contributed by atoms with Crippen molar-refractivity contribution in [2.45, 2.75) is 31.2 Å². The number of aromatic amines is 1. The highest BCUT2D eigenvalue weighted by molar-refractivity contribution is 14.1. The standard InChI is InChI=1S/C27H19IN6O2/c28-17-3-4-20-23-15(8-22(35)32-24(17)23)11-34(20)12-21-30-18-6-13-9-27(10-14(13)7-19(18)31-21)16-2-1-5-29-25(16)33-26(27)36/h1-7,11H,8-10,12H2,(H,30,31)(H,32,35)(H,29,33,36). The highest BCUT2D eigenvalue weighted by Gasteiger charge is 2.51. The molecule has 9 heteroatoms. The lowest BCUT2D eigenvalue weighted by molar-refractivity contribution is -0.120. The van der Waals surface area contributed by atoms with Gasteiger partial charge >= 0.3 is 0 Å². The largest absolute Gasteiger partial charge is 0.340 e. The highest BCUT2D eigenvalue weighted by Crippen LogP contribution is 2.47. The Morgan fingerprint density at radius 1 is 1.06 bits per heavy atom. The maximum Gasteiger partial charge on any atom is 0.237 e. The first-order chi connectivity index (χ1) is 17.5. The molecular formula is C27H19IN6O2. The number of rotatable bonds is 2. The highest BCUT2D eigenvalue weighted by atomic mass is 127. The predicted octanol–water partition coefficient (Wildman–Crippen LogP) is 4.05. The van der Waals surface area contributed by atoms with Gasteiger partial charge in [-0.1, -0.05) is 6.07 Å². The Bertz CT molecular complexity index is 1770. The molecule has 36 heavy (non-hydrogen) atoms. The molecule has 3 aromatic heterocycles. The third-order valence-electron chi connectivity index (χ3n) is 7.84. The minimum absolute atomic E-state index is 0.0241. The summed E-state index contributed by atoms with van der Waals surface area (Å²) in [5.41, 5.74) is 7.65. The van der Waals surface area contributed by atoms with E-state index in [4.69, 9.17) is 4.98 Å². The number of nitrogens with one attached hydrogen (secondary N) is 3. The molecule has 0 saturated heterocycles. The van der Waals surface area contributed by atoms with Crippen molar-refractivity contribution in [3.63, 3.8) is 0 Å². The second-order valence-electron chi connectivity index (χ2n) is 9.93. The van der Waals surface area contributed by atoms with Crippen LogP contribution in [0, 0.1) is 3.57 Å². The zero-order chi connectivity index (χ0) is 24.2. The molecule has 0 saturated carbocycles. The number of halogens is 1. The van der Waals surface area contributed by atoms with Gasteiger partial charge in [0.25, 0.3) is 0 Å². The summed E-state index contributed by atoms with van der Waals surface area (Å²) in [6.07, 6.45) is 5.48. The van der Waals surface area contributed by atoms with Gasteiger partial charge < -0.3 is 20.2 Å². The van der Waals surface area contributed by atoms with E-state index in [9.17, 15) is 9.59 Å². The zero-order valence-corrected chi connectivity index (χ0v) is 21.1. The number of hydrogen-bond acceptors (Lipinski definition) is 4. The predicted molar refractivity (Wildman–Crippen MR) is 144 cm³/mol. The van der Waals surface area contributed by atoms with Gasteiger partial charge in [-0.2, -0.15) is 0 Å². The number of aromatic nitrogens is 4. The smallest absolute Gasteiger partial charge is 0.237 e. The number of carbonyl (C=O) groups is 2. The van der Waals surface area contributed by atoms with E-state index in [1.54, 1.807) is 6.20 Å². The van der Waals surface area contributed by atoms with Gasteiger partial charge in [0.15, 0.2) is 0 Å². The fourth-order valence-corrected chi connectivity index (χ4v) is 6.85. The number of hydrogen-bond donors (Lipinski definition) is 3. The van der Waals surface area contributed by atoms with E-state index in [1.807, 2.05) is 18.2 Å². The van der Waals surface area contributed by atoms with E-state index in [1.165, 1.54) is 5.56 Å². The topological polar surface area (TPSA) is 105 Å². The Morgan fingerprint density at radius 2 is 1.92 bits per heavy atom. The Kier molecular flexibility index (Phi) is 3.94. The molecule has 2 aromatic carbocycles. The van der Waals surface area contributed by atoms with Crippen molar-refractivity contribution in [2.24, 2.45) is 0 Å². The molecule has 2 aliphatic heterocycles. The van der Waals surface area contributed by atoms with Crippen molar-refractivity contribution < 1.29 is 9.59 Å². The molecule has 8 rings (SSSR count). The van der Waals surface area contributed by atoms with Crippen molar-refractivity contribution >= 4 is 67.8 Å². The molecule has 1 atom stereocenters. The second-order valence-corrected chi connectivity index (χ2v) is 11.1. The average Bonchev–Trinajstić information content (AvgIpc) is 3.58. The van der Waals surface area contributed by atoms with Crippen LogP contribution in [-0.4, -0.2) is 31.3 Å². The van der Waals surface area contributed by atoms with Crippen molar-refractivity contribution in [2.75, 3.05) is 10.6 Å². The molecule has 1 spiro atoms. The monoisotopic (exact) mass is 586 g/mol. The minimum atomic E-state index is -0.582. The van der Waals surface area contributed by atoms with E-state index >= 15 is 0 Å². The molecule has 1 unspecified atom stereocenters. The molecule has 5 aromatic rings. The van der Waals surface area contributed by atoms with Gasteiger partial charge in [-0.15, -0.1) is 0 Å². The maximum atomic E-state index is 13.0. The summed E-state index contributed by atoms with van der Waals surface area (Å²) in [7, 11) is 0. The summed E-state index contributed by atoms with van der Waals surface area (Å²) >= 11 is 2.27. The minimum Gasteiger partial charge on any atom is -0.340 e. The summed E-state index contributed by atoms with van der Waals surface area (Å²) in [5.74, 6) is 1.59. The van der Waals surface area contributed by atoms with Gasteiger partial charge in [0.05, 0.1) is 40.6 Å². The molecule has 176 valence electrons. The normalized spacial score (nSPS) is 17.0. The van der Waals surface area contributed by atoms with Crippen LogP contribution in [-0.2, 0) is 40.8 Å². The Balaban J connectivity index is 1.16. The summed E-state index contributed by atoms with van der Waals surface area (Å²) in [4.78, 5) is 38.0. The van der Waals surface area contributed by atoms with Crippen LogP contribution < -0.4 is 10.6 Å². The molecule has 0 radical (unpaired) electrons. The number of carbonyl (C=O) groups excluding carboxylic acids is 2. The molecule has 5 heterocycles. The number of nitrogens with zero attached hydrogens (tertiary/aromatic N) is 3. The number of anilines is 2. The number of H-pyrrole nitrogens is 1. The van der Waals surface area contributed by atoms with Crippen LogP contribution in [0.3, 0.4) is 0 Å². The molecule has 8 nitrogen and oxygen atoms in total. The van der Waals surface area contributed by atoms with Crippen LogP contribution in [0.5, 0.6) is 0 Å². The molecule has 2 amide bonds. The van der Waals surface area contributed by atoms with Crippen LogP contribution in [0.4, 0.5) is 11.5 Å². The first-order valence-electron chi connectivity index (χ1n) is 11.9. The fourth-order valence-electron chi connectivity index (χ4n) is 6.26. The Labute approximate surface area is 218 Å². The molecule has 3 N–H and O–H groups in total. The third-order valence-corrected chi connectivity index (χ3v) is 8.74. The van der Waals surface area contributed by atoms with Crippen LogP contribution in [0.1, 0.15) is 28.1 Å². The van der Waals surface area contributed by atoms with Crippen LogP contribution in [0.2, 0.25) is 0 Å². The lowest BCUT2D eigenvalue weighted by atomic mass is 9.79. The molecular weight excluding hydrogens is 567 g/mol. The first kappa shape index (κ1) is 20.5. The molecule has 0 bridgehead atoms. The lowest BCUT2D eigenvalue weighted by Crippen LogP contribution is -2.35. The number of pyridine rings is 1. The van der Waals surface area contributed by atoms with Crippen molar-refractivity contribution in [1.82, 2.24) is 19.5 Å². The van der Waals surface area contributed by atoms with Gasteiger partial charge in [-0.3, -0.25) is 9.59 Å². The summed E-state index contributed by atoms with van der Waals surface area (Å²) in [6.45, 7) is 0.579. The first-order valence-corrected chi connectivity index (χ1v) is 12.9. The summed E-state index contributed by atoms with van der Waals surface area (Å²) < 4.78 is 3.20. The summed E-state index contributed by atoms with van der Waals surface area (Å²) in [6, 6.07) is 12.3. The quantitative estimate of drug-likeness (QED) is 0.272. The zero-order valence-electron chi connectivity index (χ0n) is 19.0. The molecule has 3 aliphatic rings. The van der Waals surface area contributed by atoms with E-state index < -0.39 is 5.41 Å². The van der Waals surface area contributed by atoms with E-state index in [2.05, 4.69) is 72.2 Å². The number of amides is 2. The van der Waals surface area contributed by atoms with Gasteiger partial charge in [0, 0.05) is 26.9 Å². The van der Waals surface area contributed by atoms with Crippen LogP contribution in [0.15, 0.2) is 48.8 Å². The van der Waals surface area contributed by atoms with Gasteiger partial charge in [0.2, 0.25) is 11.8 Å². The van der Waals surface area contributed by atoms with E-state index in [0.717, 1.165) is 53.7 Å². The lowest BCUT2D eigenvalue weighted by Gasteiger charge is -2.20. The van der Waals surface area contributed by atoms with Gasteiger partial charge in [-0.25, -0.2) is 9.97 Å². The maximum absolute atomic E-state index is 13.0. The SMILES string of the molecule is O=C1Cc2cn(Cc3nc4cc5c(cc4[nH]3)CC3(C5)C(=O)Nc4ncccc43)c3ccc(I)c(c23)N1. The van der Waals surface area contributed by atoms with Crippen molar-refractivity contribution in [3.8, 4) is 0 Å². The molecule has 0 fully saturated rings. The fraction of sp³-hybridized carbons (Fsp3) is 0.185. The van der Waals surface area contributed by atoms with Gasteiger partial charge in [0.1, 0.15) is 11.6 Å². The van der Waals surface area contributed by atoms with Crippen LogP contribution >= 0.6 is 22.6 Å². The van der Waals surface area contributed by atoms with Crippen molar-refractivity contribution in [3.05, 3.63) is 80.4 Å². The second kappa shape index (κ2) is 6.94. The Morgan fingerprint density at radius 3 is 2.81 bits per heavy atom.